The van der Waals surface area contributed by atoms with Gasteiger partial charge in [-0.1, -0.05) is 18.2 Å². The van der Waals surface area contributed by atoms with Crippen LogP contribution in [0.15, 0.2) is 52.9 Å². The first-order valence-electron chi connectivity index (χ1n) is 11.2. The zero-order valence-corrected chi connectivity index (χ0v) is 20.0. The Morgan fingerprint density at radius 1 is 1.09 bits per heavy atom. The highest BCUT2D eigenvalue weighted by atomic mass is 32.2. The summed E-state index contributed by atoms with van der Waals surface area (Å²) >= 11 is 0. The van der Waals surface area contributed by atoms with E-state index in [0.29, 0.717) is 19.6 Å². The average Bonchev–Trinajstić information content (AvgIpc) is 3.05. The molecule has 0 aromatic heterocycles. The minimum Gasteiger partial charge on any atom is -0.340 e. The van der Waals surface area contributed by atoms with E-state index in [-0.39, 0.29) is 18.1 Å². The summed E-state index contributed by atoms with van der Waals surface area (Å²) in [6, 6.07) is 12.4. The van der Waals surface area contributed by atoms with Crippen molar-refractivity contribution in [1.82, 2.24) is 9.80 Å². The van der Waals surface area contributed by atoms with E-state index in [2.05, 4.69) is 11.0 Å². The number of halogens is 1. The van der Waals surface area contributed by atoms with Crippen LogP contribution >= 0.6 is 0 Å². The summed E-state index contributed by atoms with van der Waals surface area (Å²) < 4.78 is 25.8. The first-order chi connectivity index (χ1) is 15.9. The normalized spacial score (nSPS) is 18.7. The zero-order valence-electron chi connectivity index (χ0n) is 19.1. The van der Waals surface area contributed by atoms with Gasteiger partial charge in [-0.25, -0.2) is 4.39 Å². The van der Waals surface area contributed by atoms with Crippen LogP contribution in [0.3, 0.4) is 0 Å². The maximum Gasteiger partial charge on any atom is 0.227 e. The number of fused-ring (bicyclic) bond motifs is 1. The molecule has 2 aromatic carbocycles. The van der Waals surface area contributed by atoms with Gasteiger partial charge in [0.25, 0.3) is 0 Å². The minimum absolute atomic E-state index is 0.0722. The molecule has 33 heavy (non-hydrogen) atoms. The highest BCUT2D eigenvalue weighted by molar-refractivity contribution is 7.84. The van der Waals surface area contributed by atoms with Crippen molar-refractivity contribution in [3.63, 3.8) is 0 Å². The van der Waals surface area contributed by atoms with Crippen LogP contribution in [0.4, 0.5) is 4.39 Å². The zero-order chi connectivity index (χ0) is 23.5. The fraction of sp³-hybridized carbons (Fsp3) is 0.346. The van der Waals surface area contributed by atoms with Crippen LogP contribution in [0, 0.1) is 5.82 Å². The van der Waals surface area contributed by atoms with Crippen molar-refractivity contribution in [2.45, 2.75) is 18.2 Å². The van der Waals surface area contributed by atoms with Gasteiger partial charge in [-0.15, -0.1) is 0 Å². The van der Waals surface area contributed by atoms with Gasteiger partial charge in [-0.3, -0.25) is 13.9 Å². The van der Waals surface area contributed by atoms with Crippen LogP contribution in [0.2, 0.25) is 0 Å². The third-order valence-electron chi connectivity index (χ3n) is 6.47. The maximum absolute atomic E-state index is 14.2. The van der Waals surface area contributed by atoms with E-state index in [0.717, 1.165) is 57.9 Å². The second kappa shape index (κ2) is 10.1. The van der Waals surface area contributed by atoms with E-state index in [9.17, 15) is 13.4 Å². The van der Waals surface area contributed by atoms with Crippen molar-refractivity contribution in [3.8, 4) is 0 Å². The largest absolute Gasteiger partial charge is 0.340 e. The summed E-state index contributed by atoms with van der Waals surface area (Å²) in [6.45, 7) is 6.51. The van der Waals surface area contributed by atoms with Gasteiger partial charge in [0.15, 0.2) is 0 Å². The smallest absolute Gasteiger partial charge is 0.227 e. The van der Waals surface area contributed by atoms with Crippen molar-refractivity contribution in [3.05, 3.63) is 70.5 Å². The van der Waals surface area contributed by atoms with Crippen molar-refractivity contribution >= 4 is 33.9 Å². The molecule has 1 aliphatic heterocycles. The van der Waals surface area contributed by atoms with E-state index in [1.165, 1.54) is 12.1 Å². The third kappa shape index (κ3) is 5.16. The van der Waals surface area contributed by atoms with E-state index in [1.807, 2.05) is 36.1 Å². The van der Waals surface area contributed by atoms with Crippen LogP contribution in [0.1, 0.15) is 30.0 Å². The molecule has 1 heterocycles. The number of carbonyl (C=O) groups is 1. The van der Waals surface area contributed by atoms with Gasteiger partial charge >= 0.3 is 0 Å². The van der Waals surface area contributed by atoms with Crippen LogP contribution in [0.5, 0.6) is 0 Å². The van der Waals surface area contributed by atoms with Gasteiger partial charge in [0, 0.05) is 61.2 Å². The lowest BCUT2D eigenvalue weighted by molar-refractivity contribution is -0.131. The van der Waals surface area contributed by atoms with Gasteiger partial charge in [-0.2, -0.15) is 0 Å². The molecule has 1 unspecified atom stereocenters. The van der Waals surface area contributed by atoms with Gasteiger partial charge in [0.1, 0.15) is 5.82 Å². The number of benzene rings is 2. The number of allylic oxidation sites excluding steroid dienone is 2. The highest BCUT2D eigenvalue weighted by Crippen LogP contribution is 2.44. The van der Waals surface area contributed by atoms with Crippen molar-refractivity contribution in [2.24, 2.45) is 5.73 Å². The monoisotopic (exact) mass is 467 g/mol. The number of rotatable bonds is 6. The van der Waals surface area contributed by atoms with Gasteiger partial charge in [0.05, 0.1) is 6.42 Å². The molecule has 1 saturated heterocycles. The van der Waals surface area contributed by atoms with Crippen LogP contribution < -0.4 is 5.73 Å². The molecule has 0 spiro atoms. The molecule has 0 saturated carbocycles. The summed E-state index contributed by atoms with van der Waals surface area (Å²) in [5, 5.41) is 0. The molecular formula is C26H30FN3O2S. The van der Waals surface area contributed by atoms with Crippen LogP contribution in [-0.2, 0) is 15.6 Å². The summed E-state index contributed by atoms with van der Waals surface area (Å²) in [5.74, 6) is -0.235. The number of piperazine rings is 1. The topological polar surface area (TPSA) is 66.6 Å². The van der Waals surface area contributed by atoms with Gasteiger partial charge < -0.3 is 10.6 Å². The third-order valence-corrected chi connectivity index (χ3v) is 7.41. The molecular weight excluding hydrogens is 437 g/mol. The Morgan fingerprint density at radius 3 is 2.42 bits per heavy atom. The van der Waals surface area contributed by atoms with Crippen molar-refractivity contribution in [2.75, 3.05) is 45.5 Å². The summed E-state index contributed by atoms with van der Waals surface area (Å²) in [7, 11) is -1.03. The Morgan fingerprint density at radius 2 is 1.79 bits per heavy atom. The molecule has 0 bridgehead atoms. The average molecular weight is 468 g/mol. The minimum atomic E-state index is -1.03. The Balaban J connectivity index is 1.60. The number of hydrogen-bond acceptors (Lipinski definition) is 4. The van der Waals surface area contributed by atoms with Gasteiger partial charge in [-0.05, 0) is 70.7 Å². The first kappa shape index (κ1) is 23.5. The standard InChI is InChI=1S/C26H30FN3O2S/c1-18-23(15-19-3-6-21(7-4-19)33(2)32)22-8-5-20(27)16-25(22)24(18)17-26(31)30-13-11-29(10-9-28)12-14-30/h3-8,15-16H,9-14,17,28H2,1-2H3/b23-15-. The fourth-order valence-corrected chi connectivity index (χ4v) is 5.09. The lowest BCUT2D eigenvalue weighted by atomic mass is 10.0. The predicted molar refractivity (Wildman–Crippen MR) is 132 cm³/mol. The molecule has 2 aromatic rings. The molecule has 7 heteroatoms. The molecule has 0 radical (unpaired) electrons. The fourth-order valence-electron chi connectivity index (χ4n) is 4.57. The quantitative estimate of drug-likeness (QED) is 0.707. The van der Waals surface area contributed by atoms with E-state index < -0.39 is 10.8 Å². The highest BCUT2D eigenvalue weighted by Gasteiger charge is 2.28. The lowest BCUT2D eigenvalue weighted by Gasteiger charge is -2.34. The Hall–Kier alpha value is -2.61. The number of nitrogens with zero attached hydrogens (tertiary/aromatic N) is 2. The second-order valence-corrected chi connectivity index (χ2v) is 9.94. The Labute approximate surface area is 197 Å². The summed E-state index contributed by atoms with van der Waals surface area (Å²) in [6.07, 6.45) is 3.96. The molecule has 5 nitrogen and oxygen atoms in total. The molecule has 2 N–H and O–H groups in total. The summed E-state index contributed by atoms with van der Waals surface area (Å²) in [5.41, 5.74) is 11.2. The molecule has 174 valence electrons. The Bertz CT molecular complexity index is 1130. The van der Waals surface area contributed by atoms with Gasteiger partial charge in [0.2, 0.25) is 5.91 Å². The first-order valence-corrected chi connectivity index (χ1v) is 12.8. The van der Waals surface area contributed by atoms with E-state index in [4.69, 9.17) is 5.73 Å². The number of carbonyl (C=O) groups excluding carboxylic acids is 1. The molecule has 1 fully saturated rings. The molecule has 1 atom stereocenters. The second-order valence-electron chi connectivity index (χ2n) is 8.56. The number of nitrogens with two attached hydrogens (primary N) is 1. The summed E-state index contributed by atoms with van der Waals surface area (Å²) in [4.78, 5) is 18.1. The molecule has 1 amide bonds. The van der Waals surface area contributed by atoms with Crippen LogP contribution in [0.25, 0.3) is 17.2 Å². The molecule has 4 rings (SSSR count). The number of amides is 1. The molecule has 2 aliphatic rings. The maximum atomic E-state index is 14.2. The SMILES string of the molecule is CC1=C(CC(=O)N2CCN(CCN)CC2)c2cc(F)ccc2/C1=C\c1ccc(S(C)=O)cc1. The van der Waals surface area contributed by atoms with E-state index >= 15 is 0 Å². The van der Waals surface area contributed by atoms with Crippen molar-refractivity contribution < 1.29 is 13.4 Å². The van der Waals surface area contributed by atoms with Crippen molar-refractivity contribution in [1.29, 1.82) is 0 Å². The molecule has 1 aliphatic carbocycles. The number of hydrogen-bond donors (Lipinski definition) is 1. The Kier molecular flexibility index (Phi) is 7.22. The predicted octanol–water partition coefficient (Wildman–Crippen LogP) is 3.38. The van der Waals surface area contributed by atoms with Crippen LogP contribution in [-0.4, -0.2) is 65.4 Å². The van der Waals surface area contributed by atoms with E-state index in [1.54, 1.807) is 12.3 Å². The lowest BCUT2D eigenvalue weighted by Crippen LogP contribution is -2.49.